The van der Waals surface area contributed by atoms with Crippen LogP contribution in [-0.4, -0.2) is 21.4 Å². The SMILES string of the molecule is O=[N+]([O-])c1cccnc1NCCc1ccc(Cl)nc1. The zero-order valence-electron chi connectivity index (χ0n) is 9.91. The van der Waals surface area contributed by atoms with Gasteiger partial charge in [0.1, 0.15) is 5.15 Å². The number of nitrogens with one attached hydrogen (secondary N) is 1. The summed E-state index contributed by atoms with van der Waals surface area (Å²) in [7, 11) is 0. The zero-order valence-corrected chi connectivity index (χ0v) is 10.7. The third-order valence-corrected chi connectivity index (χ3v) is 2.70. The van der Waals surface area contributed by atoms with Crippen LogP contribution in [0.3, 0.4) is 0 Å². The molecule has 0 saturated carbocycles. The van der Waals surface area contributed by atoms with E-state index in [2.05, 4.69) is 15.3 Å². The summed E-state index contributed by atoms with van der Waals surface area (Å²) in [6.45, 7) is 0.529. The molecule has 98 valence electrons. The Bertz CT molecular complexity index is 574. The van der Waals surface area contributed by atoms with E-state index in [1.54, 1.807) is 12.3 Å². The summed E-state index contributed by atoms with van der Waals surface area (Å²) in [5.41, 5.74) is 0.965. The van der Waals surface area contributed by atoms with Gasteiger partial charge < -0.3 is 5.32 Å². The van der Waals surface area contributed by atoms with E-state index in [9.17, 15) is 10.1 Å². The highest BCUT2D eigenvalue weighted by Gasteiger charge is 2.12. The largest absolute Gasteiger partial charge is 0.364 e. The van der Waals surface area contributed by atoms with Crippen LogP contribution < -0.4 is 5.32 Å². The van der Waals surface area contributed by atoms with E-state index in [-0.39, 0.29) is 11.5 Å². The van der Waals surface area contributed by atoms with Crippen molar-refractivity contribution in [3.63, 3.8) is 0 Å². The second kappa shape index (κ2) is 6.10. The molecule has 0 aliphatic heterocycles. The summed E-state index contributed by atoms with van der Waals surface area (Å²) in [6, 6.07) is 6.52. The summed E-state index contributed by atoms with van der Waals surface area (Å²) in [5, 5.41) is 14.2. The lowest BCUT2D eigenvalue weighted by molar-refractivity contribution is -0.384. The maximum Gasteiger partial charge on any atom is 0.311 e. The highest BCUT2D eigenvalue weighted by Crippen LogP contribution is 2.20. The van der Waals surface area contributed by atoms with Gasteiger partial charge in [-0.15, -0.1) is 0 Å². The second-order valence-corrected chi connectivity index (χ2v) is 4.18. The van der Waals surface area contributed by atoms with E-state index in [1.165, 1.54) is 18.3 Å². The van der Waals surface area contributed by atoms with Crippen molar-refractivity contribution in [2.75, 3.05) is 11.9 Å². The average Bonchev–Trinajstić information content (AvgIpc) is 2.41. The Morgan fingerprint density at radius 2 is 2.16 bits per heavy atom. The number of nitro groups is 1. The molecule has 0 saturated heterocycles. The van der Waals surface area contributed by atoms with Crippen LogP contribution in [0.4, 0.5) is 11.5 Å². The van der Waals surface area contributed by atoms with E-state index in [1.807, 2.05) is 6.07 Å². The van der Waals surface area contributed by atoms with Crippen LogP contribution in [0.25, 0.3) is 0 Å². The molecule has 0 unspecified atom stereocenters. The number of rotatable bonds is 5. The molecule has 0 aliphatic rings. The fourth-order valence-corrected chi connectivity index (χ4v) is 1.67. The van der Waals surface area contributed by atoms with Gasteiger partial charge in [0.15, 0.2) is 0 Å². The van der Waals surface area contributed by atoms with Gasteiger partial charge in [0.05, 0.1) is 4.92 Å². The fraction of sp³-hybridized carbons (Fsp3) is 0.167. The monoisotopic (exact) mass is 278 g/mol. The van der Waals surface area contributed by atoms with Gasteiger partial charge in [-0.3, -0.25) is 10.1 Å². The van der Waals surface area contributed by atoms with Crippen LogP contribution in [0.2, 0.25) is 5.15 Å². The van der Waals surface area contributed by atoms with Gasteiger partial charge in [-0.2, -0.15) is 0 Å². The fourth-order valence-electron chi connectivity index (χ4n) is 1.56. The predicted octanol–water partition coefficient (Wildman–Crippen LogP) is 2.69. The highest BCUT2D eigenvalue weighted by molar-refractivity contribution is 6.29. The maximum atomic E-state index is 10.8. The van der Waals surface area contributed by atoms with E-state index < -0.39 is 4.92 Å². The van der Waals surface area contributed by atoms with Crippen LogP contribution in [0, 0.1) is 10.1 Å². The molecule has 0 aromatic carbocycles. The average molecular weight is 279 g/mol. The molecule has 1 N–H and O–H groups in total. The van der Waals surface area contributed by atoms with Crippen molar-refractivity contribution in [3.8, 4) is 0 Å². The molecular formula is C12H11ClN4O2. The zero-order chi connectivity index (χ0) is 13.7. The third kappa shape index (κ3) is 3.62. The Hall–Kier alpha value is -2.21. The Morgan fingerprint density at radius 3 is 2.84 bits per heavy atom. The first-order chi connectivity index (χ1) is 9.16. The van der Waals surface area contributed by atoms with E-state index >= 15 is 0 Å². The summed E-state index contributed by atoms with van der Waals surface area (Å²) in [5.74, 6) is 0.273. The van der Waals surface area contributed by atoms with E-state index in [0.717, 1.165) is 5.56 Å². The highest BCUT2D eigenvalue weighted by atomic mass is 35.5. The van der Waals surface area contributed by atoms with E-state index in [4.69, 9.17) is 11.6 Å². The molecule has 0 bridgehead atoms. The Labute approximate surface area is 114 Å². The molecular weight excluding hydrogens is 268 g/mol. The van der Waals surface area contributed by atoms with Crippen molar-refractivity contribution in [2.24, 2.45) is 0 Å². The van der Waals surface area contributed by atoms with Gasteiger partial charge in [-0.1, -0.05) is 17.7 Å². The molecule has 0 radical (unpaired) electrons. The molecule has 2 heterocycles. The van der Waals surface area contributed by atoms with Gasteiger partial charge in [0.25, 0.3) is 0 Å². The molecule has 2 aromatic heterocycles. The third-order valence-electron chi connectivity index (χ3n) is 2.48. The Morgan fingerprint density at radius 1 is 1.32 bits per heavy atom. The summed E-state index contributed by atoms with van der Waals surface area (Å²) in [6.07, 6.45) is 3.87. The quantitative estimate of drug-likeness (QED) is 0.517. The van der Waals surface area contributed by atoms with E-state index in [0.29, 0.717) is 18.1 Å². The molecule has 6 nitrogen and oxygen atoms in total. The summed E-state index contributed by atoms with van der Waals surface area (Å²) >= 11 is 5.69. The minimum atomic E-state index is -0.459. The molecule has 0 aliphatic carbocycles. The molecule has 0 atom stereocenters. The standard InChI is InChI=1S/C12H11ClN4O2/c13-11-4-3-9(8-16-11)5-7-15-12-10(17(18)19)2-1-6-14-12/h1-4,6,8H,5,7H2,(H,14,15). The molecule has 0 spiro atoms. The first-order valence-corrected chi connectivity index (χ1v) is 5.98. The van der Waals surface area contributed by atoms with Crippen molar-refractivity contribution < 1.29 is 4.92 Å². The van der Waals surface area contributed by atoms with Gasteiger partial charge >= 0.3 is 5.69 Å². The summed E-state index contributed by atoms with van der Waals surface area (Å²) in [4.78, 5) is 18.3. The van der Waals surface area contributed by atoms with Crippen molar-refractivity contribution >= 4 is 23.1 Å². The lowest BCUT2D eigenvalue weighted by atomic mass is 10.2. The van der Waals surface area contributed by atoms with Crippen molar-refractivity contribution in [2.45, 2.75) is 6.42 Å². The molecule has 2 rings (SSSR count). The number of aromatic nitrogens is 2. The molecule has 0 fully saturated rings. The van der Waals surface area contributed by atoms with Crippen LogP contribution in [-0.2, 0) is 6.42 Å². The van der Waals surface area contributed by atoms with Crippen LogP contribution in [0.15, 0.2) is 36.7 Å². The van der Waals surface area contributed by atoms with Crippen LogP contribution >= 0.6 is 11.6 Å². The van der Waals surface area contributed by atoms with Gasteiger partial charge in [0, 0.05) is 25.0 Å². The van der Waals surface area contributed by atoms with Crippen LogP contribution in [0.1, 0.15) is 5.56 Å². The second-order valence-electron chi connectivity index (χ2n) is 3.79. The number of anilines is 1. The molecule has 7 heteroatoms. The lowest BCUT2D eigenvalue weighted by Crippen LogP contribution is -2.08. The van der Waals surface area contributed by atoms with Gasteiger partial charge in [-0.25, -0.2) is 9.97 Å². The number of pyridine rings is 2. The van der Waals surface area contributed by atoms with Gasteiger partial charge in [-0.05, 0) is 24.1 Å². The maximum absolute atomic E-state index is 10.8. The molecule has 19 heavy (non-hydrogen) atoms. The molecule has 0 amide bonds. The van der Waals surface area contributed by atoms with Gasteiger partial charge in [0.2, 0.25) is 5.82 Å². The summed E-state index contributed by atoms with van der Waals surface area (Å²) < 4.78 is 0. The Balaban J connectivity index is 1.96. The first kappa shape index (κ1) is 13.2. The predicted molar refractivity (Wildman–Crippen MR) is 72.3 cm³/mol. The van der Waals surface area contributed by atoms with Crippen molar-refractivity contribution in [3.05, 3.63) is 57.5 Å². The Kier molecular flexibility index (Phi) is 4.25. The number of hydrogen-bond donors (Lipinski definition) is 1. The minimum absolute atomic E-state index is 0.0308. The number of halogens is 1. The minimum Gasteiger partial charge on any atom is -0.364 e. The normalized spacial score (nSPS) is 10.2. The smallest absolute Gasteiger partial charge is 0.311 e. The van der Waals surface area contributed by atoms with Crippen LogP contribution in [0.5, 0.6) is 0 Å². The van der Waals surface area contributed by atoms with Crippen molar-refractivity contribution in [1.29, 1.82) is 0 Å². The number of nitrogens with zero attached hydrogens (tertiary/aromatic N) is 3. The number of hydrogen-bond acceptors (Lipinski definition) is 5. The van der Waals surface area contributed by atoms with Crippen molar-refractivity contribution in [1.82, 2.24) is 9.97 Å². The topological polar surface area (TPSA) is 81.0 Å². The molecule has 2 aromatic rings. The first-order valence-electron chi connectivity index (χ1n) is 5.60. The lowest BCUT2D eigenvalue weighted by Gasteiger charge is -2.05.